The van der Waals surface area contributed by atoms with E-state index in [0.29, 0.717) is 22.6 Å². The van der Waals surface area contributed by atoms with Crippen LogP contribution < -0.4 is 9.64 Å². The zero-order valence-corrected chi connectivity index (χ0v) is 19.3. The average molecular weight is 442 g/mol. The summed E-state index contributed by atoms with van der Waals surface area (Å²) < 4.78 is 5.58. The van der Waals surface area contributed by atoms with Gasteiger partial charge >= 0.3 is 0 Å². The van der Waals surface area contributed by atoms with E-state index in [-0.39, 0.29) is 11.3 Å². The van der Waals surface area contributed by atoms with Crippen LogP contribution in [0.25, 0.3) is 5.76 Å². The van der Waals surface area contributed by atoms with Crippen molar-refractivity contribution in [1.82, 2.24) is 0 Å². The zero-order chi connectivity index (χ0) is 23.7. The van der Waals surface area contributed by atoms with Gasteiger partial charge in [0.25, 0.3) is 11.7 Å². The molecule has 0 aromatic heterocycles. The van der Waals surface area contributed by atoms with Crippen molar-refractivity contribution in [3.63, 3.8) is 0 Å². The Morgan fingerprint density at radius 1 is 0.970 bits per heavy atom. The lowest BCUT2D eigenvalue weighted by molar-refractivity contribution is -0.132. The van der Waals surface area contributed by atoms with Crippen molar-refractivity contribution in [2.24, 2.45) is 0 Å². The van der Waals surface area contributed by atoms with Gasteiger partial charge in [-0.05, 0) is 49.1 Å². The number of aliphatic hydroxyl groups is 1. The molecule has 1 heterocycles. The van der Waals surface area contributed by atoms with Gasteiger partial charge < -0.3 is 9.84 Å². The fourth-order valence-electron chi connectivity index (χ4n) is 4.32. The molecule has 1 saturated heterocycles. The van der Waals surface area contributed by atoms with Crippen LogP contribution >= 0.6 is 0 Å². The van der Waals surface area contributed by atoms with Crippen LogP contribution in [0.5, 0.6) is 5.75 Å². The second-order valence-electron chi connectivity index (χ2n) is 8.18. The molecule has 1 unspecified atom stereocenters. The Kier molecular flexibility index (Phi) is 6.05. The first-order valence-corrected chi connectivity index (χ1v) is 11.0. The van der Waals surface area contributed by atoms with E-state index in [0.717, 1.165) is 23.1 Å². The molecule has 1 amide bonds. The van der Waals surface area contributed by atoms with Crippen molar-refractivity contribution >= 4 is 23.1 Å². The van der Waals surface area contributed by atoms with E-state index in [9.17, 15) is 14.7 Å². The third-order valence-corrected chi connectivity index (χ3v) is 6.35. The van der Waals surface area contributed by atoms with Crippen LogP contribution in [-0.2, 0) is 16.0 Å². The number of hydrogen-bond acceptors (Lipinski definition) is 4. The third-order valence-electron chi connectivity index (χ3n) is 6.35. The maximum Gasteiger partial charge on any atom is 0.300 e. The molecule has 0 saturated carbocycles. The van der Waals surface area contributed by atoms with E-state index in [1.165, 1.54) is 4.90 Å². The highest BCUT2D eigenvalue weighted by Crippen LogP contribution is 2.45. The number of ether oxygens (including phenoxy) is 1. The van der Waals surface area contributed by atoms with Gasteiger partial charge in [0.05, 0.1) is 18.7 Å². The van der Waals surface area contributed by atoms with Crippen LogP contribution in [-0.4, -0.2) is 23.9 Å². The third kappa shape index (κ3) is 3.80. The summed E-state index contributed by atoms with van der Waals surface area (Å²) in [6.07, 6.45) is 0.860. The van der Waals surface area contributed by atoms with Crippen LogP contribution in [0.4, 0.5) is 5.69 Å². The predicted molar refractivity (Wildman–Crippen MR) is 130 cm³/mol. The lowest BCUT2D eigenvalue weighted by Gasteiger charge is -2.28. The summed E-state index contributed by atoms with van der Waals surface area (Å²) in [7, 11) is 1.55. The summed E-state index contributed by atoms with van der Waals surface area (Å²) >= 11 is 0. The molecule has 3 aromatic rings. The smallest absolute Gasteiger partial charge is 0.300 e. The SMILES string of the molecule is CCc1ccc(/C(O)=C2\C(=O)C(=O)N(c3cccc(C)c3C)C2c2ccccc2OC)cc1. The topological polar surface area (TPSA) is 66.8 Å². The Balaban J connectivity index is 1.99. The van der Waals surface area contributed by atoms with E-state index in [1.807, 2.05) is 69.3 Å². The van der Waals surface area contributed by atoms with E-state index < -0.39 is 17.7 Å². The molecule has 5 heteroatoms. The molecule has 1 N–H and O–H groups in total. The number of Topliss-reactive ketones (excluding diaryl/α,β-unsaturated/α-hetero) is 1. The summed E-state index contributed by atoms with van der Waals surface area (Å²) in [5, 5.41) is 11.3. The quantitative estimate of drug-likeness (QED) is 0.322. The number of aliphatic hydroxyl groups excluding tert-OH is 1. The fraction of sp³-hybridized carbons (Fsp3) is 0.214. The molecule has 4 rings (SSSR count). The largest absolute Gasteiger partial charge is 0.507 e. The van der Waals surface area contributed by atoms with Crippen molar-refractivity contribution in [2.75, 3.05) is 12.0 Å². The van der Waals surface area contributed by atoms with Gasteiger partial charge in [0, 0.05) is 16.8 Å². The highest BCUT2D eigenvalue weighted by molar-refractivity contribution is 6.51. The number of methoxy groups -OCH3 is 1. The first-order chi connectivity index (χ1) is 15.9. The first kappa shape index (κ1) is 22.3. The van der Waals surface area contributed by atoms with Crippen molar-refractivity contribution in [2.45, 2.75) is 33.2 Å². The Hall–Kier alpha value is -3.86. The number of aryl methyl sites for hydroxylation is 2. The van der Waals surface area contributed by atoms with Gasteiger partial charge in [0.2, 0.25) is 0 Å². The average Bonchev–Trinajstić information content (AvgIpc) is 3.10. The molecule has 1 fully saturated rings. The Morgan fingerprint density at radius 2 is 1.67 bits per heavy atom. The van der Waals surface area contributed by atoms with Gasteiger partial charge in [-0.3, -0.25) is 14.5 Å². The van der Waals surface area contributed by atoms with Gasteiger partial charge in [-0.2, -0.15) is 0 Å². The highest BCUT2D eigenvalue weighted by atomic mass is 16.5. The number of carbonyl (C=O) groups is 2. The zero-order valence-electron chi connectivity index (χ0n) is 19.3. The molecule has 0 aliphatic carbocycles. The Morgan fingerprint density at radius 3 is 2.33 bits per heavy atom. The molecule has 5 nitrogen and oxygen atoms in total. The van der Waals surface area contributed by atoms with Crippen molar-refractivity contribution in [3.8, 4) is 5.75 Å². The molecule has 1 atom stereocenters. The summed E-state index contributed by atoms with van der Waals surface area (Å²) in [5.74, 6) is -1.05. The van der Waals surface area contributed by atoms with Crippen molar-refractivity contribution in [3.05, 3.63) is 100 Å². The number of amides is 1. The molecule has 33 heavy (non-hydrogen) atoms. The lowest BCUT2D eigenvalue weighted by atomic mass is 9.93. The molecule has 0 radical (unpaired) electrons. The number of ketones is 1. The molecule has 1 aliphatic rings. The second-order valence-corrected chi connectivity index (χ2v) is 8.18. The van der Waals surface area contributed by atoms with Gasteiger partial charge in [0.1, 0.15) is 11.5 Å². The lowest BCUT2D eigenvalue weighted by Crippen LogP contribution is -2.30. The standard InChI is InChI=1S/C28H27NO4/c1-5-19-13-15-20(16-14-19)26(30)24-25(21-10-6-7-12-23(21)33-4)29(28(32)27(24)31)22-11-8-9-17(2)18(22)3/h6-16,25,30H,5H2,1-4H3/b26-24+. The predicted octanol–water partition coefficient (Wildman–Crippen LogP) is 5.50. The van der Waals surface area contributed by atoms with Crippen LogP contribution in [0.15, 0.2) is 72.3 Å². The van der Waals surface area contributed by atoms with Crippen LogP contribution in [0.3, 0.4) is 0 Å². The van der Waals surface area contributed by atoms with Crippen LogP contribution in [0, 0.1) is 13.8 Å². The maximum atomic E-state index is 13.4. The summed E-state index contributed by atoms with van der Waals surface area (Å²) in [6.45, 7) is 5.93. The van der Waals surface area contributed by atoms with E-state index in [4.69, 9.17) is 4.74 Å². The normalized spacial score (nSPS) is 17.5. The van der Waals surface area contributed by atoms with Crippen molar-refractivity contribution < 1.29 is 19.4 Å². The van der Waals surface area contributed by atoms with Crippen molar-refractivity contribution in [1.29, 1.82) is 0 Å². The van der Waals surface area contributed by atoms with Gasteiger partial charge in [-0.15, -0.1) is 0 Å². The molecule has 3 aromatic carbocycles. The molecule has 168 valence electrons. The minimum atomic E-state index is -0.826. The number of nitrogens with zero attached hydrogens (tertiary/aromatic N) is 1. The number of benzene rings is 3. The minimum Gasteiger partial charge on any atom is -0.507 e. The van der Waals surface area contributed by atoms with Crippen LogP contribution in [0.1, 0.15) is 40.8 Å². The van der Waals surface area contributed by atoms with Gasteiger partial charge in [-0.1, -0.05) is 61.5 Å². The summed E-state index contributed by atoms with van der Waals surface area (Å²) in [6, 6.07) is 19.5. The number of carbonyl (C=O) groups excluding carboxylic acids is 2. The number of hydrogen-bond donors (Lipinski definition) is 1. The number of anilines is 1. The number of para-hydroxylation sites is 1. The first-order valence-electron chi connectivity index (χ1n) is 11.0. The van der Waals surface area contributed by atoms with E-state index >= 15 is 0 Å². The Bertz CT molecular complexity index is 1260. The second kappa shape index (κ2) is 8.94. The number of rotatable bonds is 5. The molecular formula is C28H27NO4. The van der Waals surface area contributed by atoms with Gasteiger partial charge in [-0.25, -0.2) is 0 Å². The monoisotopic (exact) mass is 441 g/mol. The van der Waals surface area contributed by atoms with Crippen LogP contribution in [0.2, 0.25) is 0 Å². The summed E-state index contributed by atoms with van der Waals surface area (Å²) in [5.41, 5.74) is 4.82. The molecule has 0 bridgehead atoms. The maximum absolute atomic E-state index is 13.4. The fourth-order valence-corrected chi connectivity index (χ4v) is 4.32. The summed E-state index contributed by atoms with van der Waals surface area (Å²) in [4.78, 5) is 28.2. The van der Waals surface area contributed by atoms with E-state index in [2.05, 4.69) is 0 Å². The highest BCUT2D eigenvalue weighted by Gasteiger charge is 2.48. The van der Waals surface area contributed by atoms with Gasteiger partial charge in [0.15, 0.2) is 0 Å². The minimum absolute atomic E-state index is 0.0506. The molecular weight excluding hydrogens is 414 g/mol. The van der Waals surface area contributed by atoms with E-state index in [1.54, 1.807) is 25.3 Å². The Labute approximate surface area is 193 Å². The molecule has 1 aliphatic heterocycles. The molecule has 0 spiro atoms.